The maximum atomic E-state index is 12.4. The molecule has 0 fully saturated rings. The lowest BCUT2D eigenvalue weighted by atomic mass is 10.2. The van der Waals surface area contributed by atoms with E-state index in [1.165, 1.54) is 0 Å². The number of nitrogens with zero attached hydrogens (tertiary/aromatic N) is 2. The van der Waals surface area contributed by atoms with Crippen molar-refractivity contribution in [2.24, 2.45) is 0 Å². The van der Waals surface area contributed by atoms with E-state index in [9.17, 15) is 4.79 Å². The summed E-state index contributed by atoms with van der Waals surface area (Å²) in [6.45, 7) is 0.933. The first-order chi connectivity index (χ1) is 12.8. The molecule has 0 aliphatic rings. The number of benzene rings is 1. The van der Waals surface area contributed by atoms with Crippen molar-refractivity contribution in [3.05, 3.63) is 83.8 Å². The van der Waals surface area contributed by atoms with Crippen LogP contribution in [0.2, 0.25) is 0 Å². The molecule has 2 aromatic heterocycles. The summed E-state index contributed by atoms with van der Waals surface area (Å²) in [5, 5.41) is 6.08. The smallest absolute Gasteiger partial charge is 0.251 e. The minimum absolute atomic E-state index is 0.167. The van der Waals surface area contributed by atoms with Crippen LogP contribution in [0.25, 0.3) is 0 Å². The second-order valence-electron chi connectivity index (χ2n) is 5.60. The Morgan fingerprint density at radius 2 is 1.85 bits per heavy atom. The van der Waals surface area contributed by atoms with Crippen LogP contribution in [0.4, 0.5) is 5.82 Å². The standard InChI is InChI=1S/C20H20N4O2/c1-26-18-8-3-2-6-16(18)13-24-20(25)15-9-11-22-19(12-15)23-14-17-7-4-5-10-21-17/h2-12H,13-14H2,1H3,(H,22,23)(H,24,25). The molecule has 0 spiro atoms. The van der Waals surface area contributed by atoms with Gasteiger partial charge in [0.15, 0.2) is 0 Å². The molecule has 132 valence electrons. The Labute approximate surface area is 152 Å². The second-order valence-corrected chi connectivity index (χ2v) is 5.60. The van der Waals surface area contributed by atoms with Crippen LogP contribution in [0.5, 0.6) is 5.75 Å². The number of carbonyl (C=O) groups excluding carboxylic acids is 1. The molecule has 0 saturated heterocycles. The van der Waals surface area contributed by atoms with Gasteiger partial charge in [-0.15, -0.1) is 0 Å². The van der Waals surface area contributed by atoms with Gasteiger partial charge in [-0.05, 0) is 30.3 Å². The van der Waals surface area contributed by atoms with Gasteiger partial charge in [-0.25, -0.2) is 4.98 Å². The van der Waals surface area contributed by atoms with E-state index in [2.05, 4.69) is 20.6 Å². The van der Waals surface area contributed by atoms with Crippen LogP contribution < -0.4 is 15.4 Å². The van der Waals surface area contributed by atoms with Crippen molar-refractivity contribution in [2.45, 2.75) is 13.1 Å². The Bertz CT molecular complexity index is 868. The summed E-state index contributed by atoms with van der Waals surface area (Å²) in [6, 6.07) is 16.7. The summed E-state index contributed by atoms with van der Waals surface area (Å²) in [6.07, 6.45) is 3.35. The molecule has 0 aliphatic carbocycles. The van der Waals surface area contributed by atoms with Crippen molar-refractivity contribution in [3.63, 3.8) is 0 Å². The van der Waals surface area contributed by atoms with Gasteiger partial charge in [-0.3, -0.25) is 9.78 Å². The minimum Gasteiger partial charge on any atom is -0.496 e. The molecule has 3 aromatic rings. The van der Waals surface area contributed by atoms with Crippen LogP contribution >= 0.6 is 0 Å². The van der Waals surface area contributed by atoms with Crippen molar-refractivity contribution in [1.29, 1.82) is 0 Å². The highest BCUT2D eigenvalue weighted by Crippen LogP contribution is 2.17. The van der Waals surface area contributed by atoms with Gasteiger partial charge in [-0.2, -0.15) is 0 Å². The minimum atomic E-state index is -0.167. The maximum absolute atomic E-state index is 12.4. The quantitative estimate of drug-likeness (QED) is 0.686. The fourth-order valence-corrected chi connectivity index (χ4v) is 2.48. The monoisotopic (exact) mass is 348 g/mol. The third kappa shape index (κ3) is 4.57. The average molecular weight is 348 g/mol. The summed E-state index contributed by atoms with van der Waals surface area (Å²) in [4.78, 5) is 20.9. The molecule has 0 saturated carbocycles. The van der Waals surface area contributed by atoms with Gasteiger partial charge in [0.25, 0.3) is 5.91 Å². The van der Waals surface area contributed by atoms with E-state index < -0.39 is 0 Å². The van der Waals surface area contributed by atoms with Crippen LogP contribution in [0.3, 0.4) is 0 Å². The maximum Gasteiger partial charge on any atom is 0.251 e. The molecule has 6 heteroatoms. The molecule has 2 N–H and O–H groups in total. The van der Waals surface area contributed by atoms with Crippen LogP contribution in [0, 0.1) is 0 Å². The van der Waals surface area contributed by atoms with Crippen LogP contribution in [-0.2, 0) is 13.1 Å². The van der Waals surface area contributed by atoms with E-state index in [0.29, 0.717) is 24.5 Å². The summed E-state index contributed by atoms with van der Waals surface area (Å²) < 4.78 is 5.30. The lowest BCUT2D eigenvalue weighted by molar-refractivity contribution is 0.0950. The van der Waals surface area contributed by atoms with Gasteiger partial charge in [0.05, 0.1) is 19.3 Å². The number of rotatable bonds is 7. The van der Waals surface area contributed by atoms with Crippen LogP contribution in [0.15, 0.2) is 67.0 Å². The Hall–Kier alpha value is -3.41. The molecule has 0 unspecified atom stereocenters. The predicted molar refractivity (Wildman–Crippen MR) is 100.0 cm³/mol. The van der Waals surface area contributed by atoms with Gasteiger partial charge < -0.3 is 15.4 Å². The molecule has 6 nitrogen and oxygen atoms in total. The number of pyridine rings is 2. The first kappa shape index (κ1) is 17.4. The molecule has 0 bridgehead atoms. The van der Waals surface area contributed by atoms with E-state index in [1.54, 1.807) is 31.6 Å². The SMILES string of the molecule is COc1ccccc1CNC(=O)c1ccnc(NCc2ccccn2)c1. The van der Waals surface area contributed by atoms with Crippen molar-refractivity contribution < 1.29 is 9.53 Å². The van der Waals surface area contributed by atoms with Crippen molar-refractivity contribution in [1.82, 2.24) is 15.3 Å². The van der Waals surface area contributed by atoms with Crippen molar-refractivity contribution in [3.8, 4) is 5.75 Å². The molecule has 2 heterocycles. The van der Waals surface area contributed by atoms with Gasteiger partial charge >= 0.3 is 0 Å². The van der Waals surface area contributed by atoms with Gasteiger partial charge in [0, 0.05) is 30.1 Å². The van der Waals surface area contributed by atoms with E-state index in [-0.39, 0.29) is 5.91 Å². The predicted octanol–water partition coefficient (Wildman–Crippen LogP) is 3.03. The Kier molecular flexibility index (Phi) is 5.77. The van der Waals surface area contributed by atoms with Crippen LogP contribution in [-0.4, -0.2) is 23.0 Å². The molecular weight excluding hydrogens is 328 g/mol. The molecule has 0 radical (unpaired) electrons. The number of nitrogens with one attached hydrogen (secondary N) is 2. The second kappa shape index (κ2) is 8.62. The average Bonchev–Trinajstić information content (AvgIpc) is 2.71. The lowest BCUT2D eigenvalue weighted by Gasteiger charge is -2.10. The first-order valence-electron chi connectivity index (χ1n) is 8.26. The lowest BCUT2D eigenvalue weighted by Crippen LogP contribution is -2.23. The van der Waals surface area contributed by atoms with Gasteiger partial charge in [0.2, 0.25) is 0 Å². The fraction of sp³-hybridized carbons (Fsp3) is 0.150. The Morgan fingerprint density at radius 1 is 1.00 bits per heavy atom. The summed E-state index contributed by atoms with van der Waals surface area (Å²) >= 11 is 0. The highest BCUT2D eigenvalue weighted by atomic mass is 16.5. The third-order valence-corrected chi connectivity index (χ3v) is 3.83. The number of para-hydroxylation sites is 1. The molecule has 0 atom stereocenters. The number of hydrogen-bond donors (Lipinski definition) is 2. The molecule has 0 aliphatic heterocycles. The number of aromatic nitrogens is 2. The third-order valence-electron chi connectivity index (χ3n) is 3.83. The number of methoxy groups -OCH3 is 1. The van der Waals surface area contributed by atoms with E-state index in [1.807, 2.05) is 42.5 Å². The van der Waals surface area contributed by atoms with Crippen LogP contribution in [0.1, 0.15) is 21.6 Å². The Morgan fingerprint density at radius 3 is 2.65 bits per heavy atom. The van der Waals surface area contributed by atoms with Gasteiger partial charge in [-0.1, -0.05) is 24.3 Å². The molecular formula is C20H20N4O2. The number of ether oxygens (including phenoxy) is 1. The zero-order valence-electron chi connectivity index (χ0n) is 14.5. The molecule has 26 heavy (non-hydrogen) atoms. The summed E-state index contributed by atoms with van der Waals surface area (Å²) in [5.74, 6) is 1.21. The van der Waals surface area contributed by atoms with E-state index >= 15 is 0 Å². The molecule has 1 aromatic carbocycles. The van der Waals surface area contributed by atoms with E-state index in [4.69, 9.17) is 4.74 Å². The number of amides is 1. The number of carbonyl (C=O) groups is 1. The summed E-state index contributed by atoms with van der Waals surface area (Å²) in [5.41, 5.74) is 2.37. The van der Waals surface area contributed by atoms with E-state index in [0.717, 1.165) is 17.0 Å². The zero-order valence-corrected chi connectivity index (χ0v) is 14.5. The largest absolute Gasteiger partial charge is 0.496 e. The van der Waals surface area contributed by atoms with Gasteiger partial charge in [0.1, 0.15) is 11.6 Å². The highest BCUT2D eigenvalue weighted by Gasteiger charge is 2.09. The zero-order chi connectivity index (χ0) is 18.2. The van der Waals surface area contributed by atoms with Crippen molar-refractivity contribution >= 4 is 11.7 Å². The normalized spacial score (nSPS) is 10.2. The summed E-state index contributed by atoms with van der Waals surface area (Å²) in [7, 11) is 1.61. The number of anilines is 1. The molecule has 3 rings (SSSR count). The van der Waals surface area contributed by atoms with Crippen molar-refractivity contribution in [2.75, 3.05) is 12.4 Å². The topological polar surface area (TPSA) is 76.1 Å². The fourth-order valence-electron chi connectivity index (χ4n) is 2.48. The first-order valence-corrected chi connectivity index (χ1v) is 8.26. The molecule has 1 amide bonds. The Balaban J connectivity index is 1.61. The number of hydrogen-bond acceptors (Lipinski definition) is 5. The highest BCUT2D eigenvalue weighted by molar-refractivity contribution is 5.94.